The number of benzene rings is 4. The molecular formula is C34H31N3O4. The van der Waals surface area contributed by atoms with Crippen LogP contribution in [0.1, 0.15) is 86.5 Å². The van der Waals surface area contributed by atoms with E-state index < -0.39 is 11.8 Å². The van der Waals surface area contributed by atoms with Gasteiger partial charge in [0.2, 0.25) is 0 Å². The summed E-state index contributed by atoms with van der Waals surface area (Å²) in [6.07, 6.45) is 3.73. The van der Waals surface area contributed by atoms with Crippen LogP contribution in [0.3, 0.4) is 0 Å². The topological polar surface area (TPSA) is 78.0 Å². The average Bonchev–Trinajstić information content (AvgIpc) is 2.99. The summed E-state index contributed by atoms with van der Waals surface area (Å²) in [5, 5.41) is 3.62. The molecule has 0 N–H and O–H groups in total. The Kier molecular flexibility index (Phi) is 6.87. The second kappa shape index (κ2) is 10.7. The van der Waals surface area contributed by atoms with Gasteiger partial charge in [0.05, 0.1) is 23.4 Å². The number of hydrazine groups is 1. The van der Waals surface area contributed by atoms with Crippen LogP contribution in [0, 0.1) is 0 Å². The van der Waals surface area contributed by atoms with Gasteiger partial charge >= 0.3 is 0 Å². The summed E-state index contributed by atoms with van der Waals surface area (Å²) < 4.78 is 0. The Morgan fingerprint density at radius 1 is 0.634 bits per heavy atom. The van der Waals surface area contributed by atoms with Crippen molar-refractivity contribution in [2.24, 2.45) is 0 Å². The molecule has 2 aliphatic rings. The van der Waals surface area contributed by atoms with E-state index >= 15 is 0 Å². The van der Waals surface area contributed by atoms with Gasteiger partial charge in [-0.05, 0) is 55.3 Å². The molecule has 1 atom stereocenters. The molecule has 0 spiro atoms. The van der Waals surface area contributed by atoms with E-state index in [1.165, 1.54) is 9.91 Å². The van der Waals surface area contributed by atoms with Crippen LogP contribution in [0.25, 0.3) is 10.8 Å². The van der Waals surface area contributed by atoms with Crippen LogP contribution in [0.15, 0.2) is 84.9 Å². The highest BCUT2D eigenvalue weighted by Gasteiger charge is 2.42. The van der Waals surface area contributed by atoms with Crippen molar-refractivity contribution in [3.63, 3.8) is 0 Å². The van der Waals surface area contributed by atoms with Gasteiger partial charge in [0.15, 0.2) is 0 Å². The Balaban J connectivity index is 1.44. The summed E-state index contributed by atoms with van der Waals surface area (Å²) in [5.74, 6) is -1.76. The number of hydrogen-bond donors (Lipinski definition) is 0. The Morgan fingerprint density at radius 3 is 1.63 bits per heavy atom. The number of carbonyl (C=O) groups excluding carboxylic acids is 4. The van der Waals surface area contributed by atoms with Crippen LogP contribution in [-0.2, 0) is 6.54 Å². The van der Waals surface area contributed by atoms with E-state index in [1.807, 2.05) is 67.6 Å². The second-order valence-corrected chi connectivity index (χ2v) is 10.7. The van der Waals surface area contributed by atoms with E-state index in [4.69, 9.17) is 0 Å². The van der Waals surface area contributed by atoms with E-state index in [9.17, 15) is 19.2 Å². The van der Waals surface area contributed by atoms with Crippen LogP contribution < -0.4 is 5.01 Å². The van der Waals surface area contributed by atoms with Gasteiger partial charge < -0.3 is 0 Å². The van der Waals surface area contributed by atoms with Gasteiger partial charge in [0, 0.05) is 27.9 Å². The maximum atomic E-state index is 14.1. The first kappa shape index (κ1) is 26.4. The summed E-state index contributed by atoms with van der Waals surface area (Å²) in [6, 6.07) is 25.2. The van der Waals surface area contributed by atoms with Crippen molar-refractivity contribution >= 4 is 40.1 Å². The van der Waals surface area contributed by atoms with Crippen molar-refractivity contribution < 1.29 is 19.2 Å². The fourth-order valence-corrected chi connectivity index (χ4v) is 5.95. The third kappa shape index (κ3) is 4.38. The molecule has 2 aliphatic heterocycles. The third-order valence-corrected chi connectivity index (χ3v) is 8.04. The molecule has 41 heavy (non-hydrogen) atoms. The van der Waals surface area contributed by atoms with E-state index in [1.54, 1.807) is 29.3 Å². The minimum Gasteiger partial charge on any atom is -0.272 e. The molecule has 206 valence electrons. The zero-order valence-electron chi connectivity index (χ0n) is 23.2. The Labute approximate surface area is 238 Å². The molecule has 4 aromatic carbocycles. The number of hydrogen-bond acceptors (Lipinski definition) is 5. The van der Waals surface area contributed by atoms with Crippen molar-refractivity contribution in [1.29, 1.82) is 0 Å². The molecule has 0 radical (unpaired) electrons. The second-order valence-electron chi connectivity index (χ2n) is 10.7. The molecule has 1 unspecified atom stereocenters. The zero-order valence-corrected chi connectivity index (χ0v) is 23.2. The van der Waals surface area contributed by atoms with Crippen LogP contribution in [-0.4, -0.2) is 39.6 Å². The van der Waals surface area contributed by atoms with E-state index in [-0.39, 0.29) is 17.9 Å². The van der Waals surface area contributed by atoms with Gasteiger partial charge in [-0.15, -0.1) is 0 Å². The number of carbonyl (C=O) groups is 4. The third-order valence-electron chi connectivity index (χ3n) is 8.04. The average molecular weight is 546 g/mol. The van der Waals surface area contributed by atoms with Crippen LogP contribution >= 0.6 is 0 Å². The quantitative estimate of drug-likeness (QED) is 0.174. The summed E-state index contributed by atoms with van der Waals surface area (Å²) in [7, 11) is 0. The predicted molar refractivity (Wildman–Crippen MR) is 158 cm³/mol. The van der Waals surface area contributed by atoms with Crippen molar-refractivity contribution in [1.82, 2.24) is 9.91 Å². The van der Waals surface area contributed by atoms with Gasteiger partial charge in [0.25, 0.3) is 23.6 Å². The van der Waals surface area contributed by atoms with E-state index in [2.05, 4.69) is 6.92 Å². The van der Waals surface area contributed by atoms with Crippen LogP contribution in [0.4, 0.5) is 5.69 Å². The number of anilines is 1. The largest absolute Gasteiger partial charge is 0.280 e. The van der Waals surface area contributed by atoms with Gasteiger partial charge in [-0.25, -0.2) is 0 Å². The maximum absolute atomic E-state index is 14.1. The molecule has 0 saturated heterocycles. The fraction of sp³-hybridized carbons (Fsp3) is 0.235. The Bertz CT molecular complexity index is 1610. The highest BCUT2D eigenvalue weighted by Crippen LogP contribution is 2.39. The summed E-state index contributed by atoms with van der Waals surface area (Å²) in [4.78, 5) is 56.9. The van der Waals surface area contributed by atoms with E-state index in [0.29, 0.717) is 45.3 Å². The van der Waals surface area contributed by atoms with Gasteiger partial charge in [0.1, 0.15) is 0 Å². The number of unbranched alkanes of at least 4 members (excludes halogenated alkanes) is 2. The molecule has 2 heterocycles. The fourth-order valence-electron chi connectivity index (χ4n) is 5.95. The Morgan fingerprint density at radius 2 is 1.12 bits per heavy atom. The van der Waals surface area contributed by atoms with Gasteiger partial charge in [-0.3, -0.25) is 29.1 Å². The smallest absolute Gasteiger partial charge is 0.272 e. The number of nitrogens with zero attached hydrogens (tertiary/aromatic N) is 3. The molecule has 0 bridgehead atoms. The van der Waals surface area contributed by atoms with Crippen molar-refractivity contribution in [3.8, 4) is 0 Å². The van der Waals surface area contributed by atoms with Gasteiger partial charge in [-0.1, -0.05) is 74.7 Å². The van der Waals surface area contributed by atoms with Gasteiger partial charge in [-0.2, -0.15) is 5.01 Å². The lowest BCUT2D eigenvalue weighted by Crippen LogP contribution is -2.52. The van der Waals surface area contributed by atoms with Crippen molar-refractivity contribution in [2.45, 2.75) is 52.1 Å². The number of imide groups is 2. The monoisotopic (exact) mass is 545 g/mol. The molecule has 4 aromatic rings. The minimum atomic E-state index is -0.499. The van der Waals surface area contributed by atoms with Crippen molar-refractivity contribution in [2.75, 3.05) is 5.01 Å². The first-order valence-electron chi connectivity index (χ1n) is 14.1. The molecule has 7 nitrogen and oxygen atoms in total. The Hall–Kier alpha value is -4.78. The van der Waals surface area contributed by atoms with Crippen LogP contribution in [0.2, 0.25) is 0 Å². The molecule has 0 saturated carbocycles. The maximum Gasteiger partial charge on any atom is 0.280 e. The highest BCUT2D eigenvalue weighted by molar-refractivity contribution is 6.33. The van der Waals surface area contributed by atoms with Crippen molar-refractivity contribution in [3.05, 3.63) is 113 Å². The summed E-state index contributed by atoms with van der Waals surface area (Å²) in [5.41, 5.74) is 2.89. The number of para-hydroxylation sites is 1. The molecule has 0 aromatic heterocycles. The van der Waals surface area contributed by atoms with Crippen LogP contribution in [0.5, 0.6) is 0 Å². The molecule has 0 aliphatic carbocycles. The summed E-state index contributed by atoms with van der Waals surface area (Å²) >= 11 is 0. The summed E-state index contributed by atoms with van der Waals surface area (Å²) in [6.45, 7) is 4.30. The first-order chi connectivity index (χ1) is 19.9. The normalized spacial score (nSPS) is 15.1. The number of amides is 4. The standard InChI is InChI=1S/C34H31N3O4/c1-3-4-7-12-22(2)36-31(38)25-17-19-27-30-28(20-18-26(29(25)30)32(36)39)34(41)37(33(27)40)35(24-15-10-6-11-16-24)21-23-13-8-5-9-14-23/h5-6,8-11,13-20,22H,3-4,7,12,21H2,1-2H3. The lowest BCUT2D eigenvalue weighted by molar-refractivity contribution is 0.0533. The molecule has 4 amide bonds. The molecular weight excluding hydrogens is 514 g/mol. The minimum absolute atomic E-state index is 0.256. The highest BCUT2D eigenvalue weighted by atomic mass is 16.2. The first-order valence-corrected chi connectivity index (χ1v) is 14.1. The predicted octanol–water partition coefficient (Wildman–Crippen LogP) is 6.62. The van der Waals surface area contributed by atoms with E-state index in [0.717, 1.165) is 31.2 Å². The lowest BCUT2D eigenvalue weighted by atomic mass is 9.85. The SMILES string of the molecule is CCCCCC(C)N1C(=O)c2ccc3c4c(ccc(c24)C1=O)C(=O)N(N(Cc1ccccc1)c1ccccc1)C3=O. The molecule has 6 rings (SSSR count). The lowest BCUT2D eigenvalue weighted by Gasteiger charge is -2.39. The zero-order chi connectivity index (χ0) is 28.7. The molecule has 7 heteroatoms. The molecule has 0 fully saturated rings. The number of rotatable bonds is 9.